The molecule has 0 aromatic carbocycles. The van der Waals surface area contributed by atoms with E-state index >= 15 is 0 Å². The zero-order chi connectivity index (χ0) is 9.68. The topological polar surface area (TPSA) is 33.1 Å². The smallest absolute Gasteiger partial charge is 0.0962 e. The third-order valence-electron chi connectivity index (χ3n) is 1.90. The number of aryl methyl sites for hydroxylation is 1. The molecule has 1 rings (SSSR count). The Morgan fingerprint density at radius 1 is 1.62 bits per heavy atom. The van der Waals surface area contributed by atoms with Gasteiger partial charge < -0.3 is 5.11 Å². The van der Waals surface area contributed by atoms with Crippen molar-refractivity contribution in [2.24, 2.45) is 0 Å². The summed E-state index contributed by atoms with van der Waals surface area (Å²) >= 11 is 0. The second-order valence-electron chi connectivity index (χ2n) is 3.09. The van der Waals surface area contributed by atoms with Crippen LogP contribution >= 0.6 is 0 Å². The SMILES string of the molecule is C=CCCC(O)c1cccc(C)n1. The van der Waals surface area contributed by atoms with E-state index in [-0.39, 0.29) is 0 Å². The highest BCUT2D eigenvalue weighted by Gasteiger charge is 2.06. The van der Waals surface area contributed by atoms with Crippen molar-refractivity contribution in [3.05, 3.63) is 42.2 Å². The predicted molar refractivity (Wildman–Crippen MR) is 53.4 cm³/mol. The fourth-order valence-corrected chi connectivity index (χ4v) is 1.17. The van der Waals surface area contributed by atoms with Crippen LogP contribution in [0.1, 0.15) is 30.3 Å². The van der Waals surface area contributed by atoms with Crippen molar-refractivity contribution < 1.29 is 5.11 Å². The van der Waals surface area contributed by atoms with Crippen molar-refractivity contribution in [1.82, 2.24) is 4.98 Å². The summed E-state index contributed by atoms with van der Waals surface area (Å²) in [6.45, 7) is 5.53. The maximum absolute atomic E-state index is 9.67. The first-order chi connectivity index (χ1) is 6.24. The van der Waals surface area contributed by atoms with Crippen molar-refractivity contribution in [1.29, 1.82) is 0 Å². The minimum absolute atomic E-state index is 0.460. The summed E-state index contributed by atoms with van der Waals surface area (Å²) in [5, 5.41) is 9.67. The standard InChI is InChI=1S/C11H15NO/c1-3-4-8-11(13)10-7-5-6-9(2)12-10/h3,5-7,11,13H,1,4,8H2,2H3. The Kier molecular flexibility index (Phi) is 3.65. The first-order valence-electron chi connectivity index (χ1n) is 4.46. The number of aromatic nitrogens is 1. The molecule has 1 aromatic heterocycles. The molecule has 2 heteroatoms. The molecule has 13 heavy (non-hydrogen) atoms. The fraction of sp³-hybridized carbons (Fsp3) is 0.364. The molecule has 70 valence electrons. The van der Waals surface area contributed by atoms with Crippen LogP contribution in [0.5, 0.6) is 0 Å². The molecule has 0 aliphatic heterocycles. The van der Waals surface area contributed by atoms with Gasteiger partial charge in [-0.05, 0) is 31.9 Å². The van der Waals surface area contributed by atoms with E-state index in [9.17, 15) is 5.11 Å². The third kappa shape index (κ3) is 2.99. The third-order valence-corrected chi connectivity index (χ3v) is 1.90. The number of rotatable bonds is 4. The van der Waals surface area contributed by atoms with E-state index in [0.717, 1.165) is 17.8 Å². The molecule has 1 unspecified atom stereocenters. The maximum atomic E-state index is 9.67. The monoisotopic (exact) mass is 177 g/mol. The van der Waals surface area contributed by atoms with Crippen LogP contribution in [0.25, 0.3) is 0 Å². The zero-order valence-electron chi connectivity index (χ0n) is 7.90. The number of nitrogens with zero attached hydrogens (tertiary/aromatic N) is 1. The lowest BCUT2D eigenvalue weighted by atomic mass is 10.1. The molecule has 0 bridgehead atoms. The van der Waals surface area contributed by atoms with Gasteiger partial charge >= 0.3 is 0 Å². The number of aliphatic hydroxyl groups excluding tert-OH is 1. The molecule has 0 aliphatic rings. The van der Waals surface area contributed by atoms with Crippen LogP contribution in [0.2, 0.25) is 0 Å². The highest BCUT2D eigenvalue weighted by molar-refractivity contribution is 5.12. The molecule has 1 aromatic rings. The lowest BCUT2D eigenvalue weighted by molar-refractivity contribution is 0.164. The summed E-state index contributed by atoms with van der Waals surface area (Å²) in [7, 11) is 0. The largest absolute Gasteiger partial charge is 0.387 e. The van der Waals surface area contributed by atoms with Crippen molar-refractivity contribution in [3.8, 4) is 0 Å². The highest BCUT2D eigenvalue weighted by atomic mass is 16.3. The average Bonchev–Trinajstić information content (AvgIpc) is 2.14. The van der Waals surface area contributed by atoms with Crippen LogP contribution in [0.15, 0.2) is 30.9 Å². The van der Waals surface area contributed by atoms with E-state index in [1.807, 2.05) is 25.1 Å². The zero-order valence-corrected chi connectivity index (χ0v) is 7.90. The Balaban J connectivity index is 2.65. The number of pyridine rings is 1. The van der Waals surface area contributed by atoms with Gasteiger partial charge in [0.15, 0.2) is 0 Å². The van der Waals surface area contributed by atoms with Crippen LogP contribution in [0, 0.1) is 6.92 Å². The molecule has 2 nitrogen and oxygen atoms in total. The van der Waals surface area contributed by atoms with Crippen LogP contribution in [0.3, 0.4) is 0 Å². The summed E-state index contributed by atoms with van der Waals surface area (Å²) in [6, 6.07) is 5.68. The van der Waals surface area contributed by atoms with E-state index in [4.69, 9.17) is 0 Å². The van der Waals surface area contributed by atoms with Gasteiger partial charge in [0, 0.05) is 5.69 Å². The van der Waals surface area contributed by atoms with Gasteiger partial charge in [0.05, 0.1) is 11.8 Å². The molecular formula is C11H15NO. The fourth-order valence-electron chi connectivity index (χ4n) is 1.17. The molecule has 0 amide bonds. The van der Waals surface area contributed by atoms with E-state index in [0.29, 0.717) is 6.42 Å². The summed E-state index contributed by atoms with van der Waals surface area (Å²) in [6.07, 6.45) is 2.85. The molecular weight excluding hydrogens is 162 g/mol. The molecule has 1 atom stereocenters. The lowest BCUT2D eigenvalue weighted by Crippen LogP contribution is -2.00. The van der Waals surface area contributed by atoms with E-state index in [2.05, 4.69) is 11.6 Å². The Hall–Kier alpha value is -1.15. The van der Waals surface area contributed by atoms with Gasteiger partial charge in [-0.3, -0.25) is 4.98 Å². The minimum atomic E-state index is -0.460. The first kappa shape index (κ1) is 9.93. The number of hydrogen-bond acceptors (Lipinski definition) is 2. The molecule has 0 aliphatic carbocycles. The Labute approximate surface area is 78.9 Å². The van der Waals surface area contributed by atoms with Crippen molar-refractivity contribution >= 4 is 0 Å². The first-order valence-corrected chi connectivity index (χ1v) is 4.46. The number of allylic oxidation sites excluding steroid dienone is 1. The molecule has 1 heterocycles. The normalized spacial score (nSPS) is 12.5. The van der Waals surface area contributed by atoms with E-state index in [1.54, 1.807) is 6.08 Å². The van der Waals surface area contributed by atoms with E-state index < -0.39 is 6.10 Å². The van der Waals surface area contributed by atoms with Gasteiger partial charge in [-0.2, -0.15) is 0 Å². The van der Waals surface area contributed by atoms with Crippen LogP contribution in [-0.2, 0) is 0 Å². The van der Waals surface area contributed by atoms with Crippen molar-refractivity contribution in [3.63, 3.8) is 0 Å². The average molecular weight is 177 g/mol. The van der Waals surface area contributed by atoms with Gasteiger partial charge in [0.1, 0.15) is 0 Å². The Bertz CT molecular complexity index is 283. The van der Waals surface area contributed by atoms with Gasteiger partial charge in [-0.25, -0.2) is 0 Å². The summed E-state index contributed by atoms with van der Waals surface area (Å²) in [5.74, 6) is 0. The lowest BCUT2D eigenvalue weighted by Gasteiger charge is -2.08. The molecule has 0 saturated heterocycles. The number of hydrogen-bond donors (Lipinski definition) is 1. The van der Waals surface area contributed by atoms with Crippen molar-refractivity contribution in [2.45, 2.75) is 25.9 Å². The van der Waals surface area contributed by atoms with Crippen molar-refractivity contribution in [2.75, 3.05) is 0 Å². The second-order valence-corrected chi connectivity index (χ2v) is 3.09. The van der Waals surface area contributed by atoms with Gasteiger partial charge in [0.2, 0.25) is 0 Å². The minimum Gasteiger partial charge on any atom is -0.387 e. The summed E-state index contributed by atoms with van der Waals surface area (Å²) in [4.78, 5) is 4.24. The van der Waals surface area contributed by atoms with Crippen LogP contribution in [-0.4, -0.2) is 10.1 Å². The highest BCUT2D eigenvalue weighted by Crippen LogP contribution is 2.16. The quantitative estimate of drug-likeness (QED) is 0.716. The van der Waals surface area contributed by atoms with Gasteiger partial charge in [-0.1, -0.05) is 12.1 Å². The van der Waals surface area contributed by atoms with Gasteiger partial charge in [0.25, 0.3) is 0 Å². The maximum Gasteiger partial charge on any atom is 0.0962 e. The summed E-state index contributed by atoms with van der Waals surface area (Å²) in [5.41, 5.74) is 1.69. The molecule has 0 saturated carbocycles. The molecule has 0 spiro atoms. The van der Waals surface area contributed by atoms with Crippen LogP contribution < -0.4 is 0 Å². The number of aliphatic hydroxyl groups is 1. The Morgan fingerprint density at radius 3 is 3.00 bits per heavy atom. The second kappa shape index (κ2) is 4.77. The molecule has 0 fully saturated rings. The molecule has 0 radical (unpaired) electrons. The van der Waals surface area contributed by atoms with E-state index in [1.165, 1.54) is 0 Å². The summed E-state index contributed by atoms with van der Waals surface area (Å²) < 4.78 is 0. The Morgan fingerprint density at radius 2 is 2.38 bits per heavy atom. The van der Waals surface area contributed by atoms with Crippen LogP contribution in [0.4, 0.5) is 0 Å². The predicted octanol–water partition coefficient (Wildman–Crippen LogP) is 2.39. The molecule has 1 N–H and O–H groups in total. The van der Waals surface area contributed by atoms with Gasteiger partial charge in [-0.15, -0.1) is 6.58 Å².